The lowest BCUT2D eigenvalue weighted by Crippen LogP contribution is -2.31. The standard InChI is InChI=1S/C9H16N2OS2/c1-8(7-12-2)10-3-5-13-9-11-4-6-14-9/h4,6,8,10H,3,5,7H2,1-2H3. The Morgan fingerprint density at radius 1 is 1.71 bits per heavy atom. The lowest BCUT2D eigenvalue weighted by molar-refractivity contribution is 0.173. The molecule has 0 saturated heterocycles. The van der Waals surface area contributed by atoms with E-state index in [1.165, 1.54) is 0 Å². The fraction of sp³-hybridized carbons (Fsp3) is 0.667. The molecule has 0 aliphatic carbocycles. The number of thiazole rings is 1. The van der Waals surface area contributed by atoms with Gasteiger partial charge in [-0.25, -0.2) is 4.98 Å². The average Bonchev–Trinajstić information content (AvgIpc) is 2.65. The molecule has 0 spiro atoms. The highest BCUT2D eigenvalue weighted by molar-refractivity contribution is 8.01. The van der Waals surface area contributed by atoms with Crippen LogP contribution in [0.4, 0.5) is 0 Å². The molecule has 1 aromatic rings. The van der Waals surface area contributed by atoms with Gasteiger partial charge in [0.05, 0.1) is 6.61 Å². The Labute approximate surface area is 93.3 Å². The van der Waals surface area contributed by atoms with Crippen LogP contribution in [0.1, 0.15) is 6.92 Å². The maximum absolute atomic E-state index is 5.03. The van der Waals surface area contributed by atoms with Crippen molar-refractivity contribution in [2.75, 3.05) is 26.0 Å². The van der Waals surface area contributed by atoms with Crippen LogP contribution in [0.25, 0.3) is 0 Å². The van der Waals surface area contributed by atoms with Gasteiger partial charge in [0.1, 0.15) is 4.34 Å². The van der Waals surface area contributed by atoms with Crippen molar-refractivity contribution in [3.8, 4) is 0 Å². The Morgan fingerprint density at radius 2 is 2.57 bits per heavy atom. The van der Waals surface area contributed by atoms with Crippen LogP contribution in [0.2, 0.25) is 0 Å². The van der Waals surface area contributed by atoms with Crippen LogP contribution in [0.15, 0.2) is 15.9 Å². The van der Waals surface area contributed by atoms with Gasteiger partial charge in [0.15, 0.2) is 0 Å². The number of hydrogen-bond acceptors (Lipinski definition) is 5. The quantitative estimate of drug-likeness (QED) is 0.575. The van der Waals surface area contributed by atoms with Crippen molar-refractivity contribution >= 4 is 23.1 Å². The van der Waals surface area contributed by atoms with Crippen LogP contribution in [-0.4, -0.2) is 37.0 Å². The van der Waals surface area contributed by atoms with Crippen LogP contribution >= 0.6 is 23.1 Å². The second-order valence-corrected chi connectivity index (χ2v) is 5.19. The Morgan fingerprint density at radius 3 is 3.21 bits per heavy atom. The first kappa shape index (κ1) is 12.0. The highest BCUT2D eigenvalue weighted by Crippen LogP contribution is 2.18. The molecule has 1 atom stereocenters. The van der Waals surface area contributed by atoms with Gasteiger partial charge in [-0.3, -0.25) is 0 Å². The van der Waals surface area contributed by atoms with Gasteiger partial charge < -0.3 is 10.1 Å². The molecule has 80 valence electrons. The first-order valence-electron chi connectivity index (χ1n) is 4.57. The largest absolute Gasteiger partial charge is 0.383 e. The molecule has 0 bridgehead atoms. The molecule has 0 fully saturated rings. The van der Waals surface area contributed by atoms with E-state index in [2.05, 4.69) is 17.2 Å². The van der Waals surface area contributed by atoms with E-state index in [1.807, 2.05) is 11.6 Å². The van der Waals surface area contributed by atoms with E-state index in [1.54, 1.807) is 30.2 Å². The topological polar surface area (TPSA) is 34.1 Å². The third-order valence-corrected chi connectivity index (χ3v) is 3.61. The first-order valence-corrected chi connectivity index (χ1v) is 6.44. The van der Waals surface area contributed by atoms with E-state index < -0.39 is 0 Å². The number of rotatable bonds is 7. The zero-order valence-electron chi connectivity index (χ0n) is 8.53. The third-order valence-electron chi connectivity index (χ3n) is 1.65. The molecular formula is C9H16N2OS2. The van der Waals surface area contributed by atoms with Crippen LogP contribution in [0.5, 0.6) is 0 Å². The summed E-state index contributed by atoms with van der Waals surface area (Å²) in [5, 5.41) is 5.38. The van der Waals surface area contributed by atoms with Gasteiger partial charge in [-0.2, -0.15) is 0 Å². The van der Waals surface area contributed by atoms with Crippen molar-refractivity contribution in [3.63, 3.8) is 0 Å². The Bertz CT molecular complexity index is 229. The van der Waals surface area contributed by atoms with E-state index >= 15 is 0 Å². The van der Waals surface area contributed by atoms with E-state index in [9.17, 15) is 0 Å². The summed E-state index contributed by atoms with van der Waals surface area (Å²) in [6, 6.07) is 0.428. The van der Waals surface area contributed by atoms with Gasteiger partial charge in [-0.1, -0.05) is 11.8 Å². The van der Waals surface area contributed by atoms with Crippen molar-refractivity contribution < 1.29 is 4.74 Å². The number of methoxy groups -OCH3 is 1. The first-order chi connectivity index (χ1) is 6.83. The van der Waals surface area contributed by atoms with Crippen molar-refractivity contribution in [2.24, 2.45) is 0 Å². The molecule has 0 aliphatic rings. The second-order valence-electron chi connectivity index (χ2n) is 2.96. The lowest BCUT2D eigenvalue weighted by Gasteiger charge is -2.11. The minimum atomic E-state index is 0.428. The van der Waals surface area contributed by atoms with Crippen molar-refractivity contribution in [1.82, 2.24) is 10.3 Å². The van der Waals surface area contributed by atoms with E-state index in [4.69, 9.17) is 4.74 Å². The highest BCUT2D eigenvalue weighted by Gasteiger charge is 2.00. The Hall–Kier alpha value is -0.100. The van der Waals surface area contributed by atoms with Gasteiger partial charge in [0, 0.05) is 37.0 Å². The molecule has 14 heavy (non-hydrogen) atoms. The number of hydrogen-bond donors (Lipinski definition) is 1. The van der Waals surface area contributed by atoms with Crippen molar-refractivity contribution in [2.45, 2.75) is 17.3 Å². The van der Waals surface area contributed by atoms with Crippen molar-refractivity contribution in [3.05, 3.63) is 11.6 Å². The minimum absolute atomic E-state index is 0.428. The normalized spacial score (nSPS) is 13.0. The predicted octanol–water partition coefficient (Wildman–Crippen LogP) is 1.86. The molecule has 3 nitrogen and oxygen atoms in total. The summed E-state index contributed by atoms with van der Waals surface area (Å²) in [4.78, 5) is 4.20. The summed E-state index contributed by atoms with van der Waals surface area (Å²) in [6.45, 7) is 3.88. The maximum atomic E-state index is 5.03. The van der Waals surface area contributed by atoms with Gasteiger partial charge in [-0.05, 0) is 6.92 Å². The van der Waals surface area contributed by atoms with Gasteiger partial charge in [-0.15, -0.1) is 11.3 Å². The number of aromatic nitrogens is 1. The van der Waals surface area contributed by atoms with Crippen molar-refractivity contribution in [1.29, 1.82) is 0 Å². The van der Waals surface area contributed by atoms with Crippen LogP contribution in [-0.2, 0) is 4.74 Å². The molecule has 0 amide bonds. The number of nitrogens with zero attached hydrogens (tertiary/aromatic N) is 1. The molecule has 5 heteroatoms. The number of ether oxygens (including phenoxy) is 1. The fourth-order valence-electron chi connectivity index (χ4n) is 1.03. The molecule has 0 saturated carbocycles. The lowest BCUT2D eigenvalue weighted by atomic mass is 10.4. The molecule has 0 radical (unpaired) electrons. The molecule has 1 rings (SSSR count). The monoisotopic (exact) mass is 232 g/mol. The number of nitrogens with one attached hydrogen (secondary N) is 1. The molecule has 0 aromatic carbocycles. The predicted molar refractivity (Wildman–Crippen MR) is 62.2 cm³/mol. The van der Waals surface area contributed by atoms with Gasteiger partial charge in [0.2, 0.25) is 0 Å². The Balaban J connectivity index is 1.99. The van der Waals surface area contributed by atoms with E-state index in [-0.39, 0.29) is 0 Å². The van der Waals surface area contributed by atoms with Crippen LogP contribution in [0.3, 0.4) is 0 Å². The third kappa shape index (κ3) is 4.95. The number of thioether (sulfide) groups is 1. The summed E-state index contributed by atoms with van der Waals surface area (Å²) >= 11 is 3.48. The smallest absolute Gasteiger partial charge is 0.149 e. The Kier molecular flexibility index (Phi) is 6.18. The summed E-state index contributed by atoms with van der Waals surface area (Å²) in [6.07, 6.45) is 1.84. The fourth-order valence-corrected chi connectivity index (χ4v) is 2.61. The maximum Gasteiger partial charge on any atom is 0.149 e. The molecule has 1 heterocycles. The second kappa shape index (κ2) is 7.23. The van der Waals surface area contributed by atoms with E-state index in [0.29, 0.717) is 6.04 Å². The van der Waals surface area contributed by atoms with Crippen LogP contribution < -0.4 is 5.32 Å². The molecule has 1 aromatic heterocycles. The van der Waals surface area contributed by atoms with E-state index in [0.717, 1.165) is 23.2 Å². The summed E-state index contributed by atoms with van der Waals surface area (Å²) < 4.78 is 6.17. The minimum Gasteiger partial charge on any atom is -0.383 e. The molecule has 1 N–H and O–H groups in total. The molecule has 0 aliphatic heterocycles. The summed E-state index contributed by atoms with van der Waals surface area (Å²) in [5.41, 5.74) is 0. The van der Waals surface area contributed by atoms with Gasteiger partial charge >= 0.3 is 0 Å². The molecule has 1 unspecified atom stereocenters. The summed E-state index contributed by atoms with van der Waals surface area (Å²) in [5.74, 6) is 1.06. The zero-order chi connectivity index (χ0) is 10.2. The average molecular weight is 232 g/mol. The zero-order valence-corrected chi connectivity index (χ0v) is 10.2. The summed E-state index contributed by atoms with van der Waals surface area (Å²) in [7, 11) is 1.72. The van der Waals surface area contributed by atoms with Gasteiger partial charge in [0.25, 0.3) is 0 Å². The highest BCUT2D eigenvalue weighted by atomic mass is 32.2. The SMILES string of the molecule is COCC(C)NCCSc1nccs1. The molecular weight excluding hydrogens is 216 g/mol. The van der Waals surface area contributed by atoms with Crippen LogP contribution in [0, 0.1) is 0 Å².